The topological polar surface area (TPSA) is 112 Å². The van der Waals surface area contributed by atoms with Crippen LogP contribution >= 0.6 is 0 Å². The van der Waals surface area contributed by atoms with Crippen molar-refractivity contribution < 1.29 is 32.9 Å². The highest BCUT2D eigenvalue weighted by molar-refractivity contribution is 5.78. The van der Waals surface area contributed by atoms with Gasteiger partial charge in [0.15, 0.2) is 0 Å². The molecule has 0 aliphatic heterocycles. The van der Waals surface area contributed by atoms with Crippen LogP contribution in [-0.4, -0.2) is 111 Å². The molecule has 54 heavy (non-hydrogen) atoms. The van der Waals surface area contributed by atoms with Gasteiger partial charge in [0.1, 0.15) is 19.6 Å². The Labute approximate surface area is 331 Å². The van der Waals surface area contributed by atoms with Crippen LogP contribution in [0.3, 0.4) is 0 Å². The number of likely N-dealkylation sites (N-methyl/N-ethyl adjacent to an activating group) is 2. The fourth-order valence-electron chi connectivity index (χ4n) is 10.3. The van der Waals surface area contributed by atoms with Gasteiger partial charge in [-0.05, 0) is 87.5 Å². The first-order valence-corrected chi connectivity index (χ1v) is 21.7. The van der Waals surface area contributed by atoms with Crippen LogP contribution in [0.1, 0.15) is 130 Å². The minimum Gasteiger partial charge on any atom is -0.550 e. The predicted molar refractivity (Wildman–Crippen MR) is 221 cm³/mol. The van der Waals surface area contributed by atoms with Gasteiger partial charge in [-0.3, -0.25) is 9.59 Å². The highest BCUT2D eigenvalue weighted by Gasteiger charge is 2.42. The Kier molecular flexibility index (Phi) is 19.7. The third-order valence-electron chi connectivity index (χ3n) is 12.7. The van der Waals surface area contributed by atoms with Crippen molar-refractivity contribution in [2.75, 3.05) is 74.0 Å². The molecular formula is C45H83N5O4+2. The molecule has 7 atom stereocenters. The third kappa shape index (κ3) is 15.6. The van der Waals surface area contributed by atoms with Gasteiger partial charge in [0, 0.05) is 42.3 Å². The van der Waals surface area contributed by atoms with Crippen molar-refractivity contribution in [1.82, 2.24) is 5.32 Å². The van der Waals surface area contributed by atoms with E-state index in [-0.39, 0.29) is 36.1 Å². The van der Waals surface area contributed by atoms with E-state index >= 15 is 0 Å². The normalized spacial score (nSPS) is 20.3. The summed E-state index contributed by atoms with van der Waals surface area (Å²) in [6.07, 6.45) is 8.54. The third-order valence-corrected chi connectivity index (χ3v) is 12.7. The van der Waals surface area contributed by atoms with Gasteiger partial charge in [-0.25, -0.2) is 0 Å². The number of nitrogens with two attached hydrogens (primary N) is 1. The van der Waals surface area contributed by atoms with Crippen LogP contribution in [0.25, 0.3) is 0 Å². The predicted octanol–water partition coefficient (Wildman–Crippen LogP) is 6.09. The number of carbonyl (C=O) groups excluding carboxylic acids is 3. The molecule has 0 radical (unpaired) electrons. The molecule has 0 saturated heterocycles. The average molecular weight is 758 g/mol. The average Bonchev–Trinajstić information content (AvgIpc) is 3.44. The smallest absolute Gasteiger partial charge is 0.220 e. The summed E-state index contributed by atoms with van der Waals surface area (Å²) in [5.41, 5.74) is 8.38. The lowest BCUT2D eigenvalue weighted by atomic mass is 9.73. The molecule has 9 heteroatoms. The standard InChI is InChI=1S/C45H81N5O4/c1-12-21-48(8,9)25-26-49(10,11)33-36-17-19-38(20-18-36)39(27-34(6)32-50(22-13-2,23-14-3)24-15-4)28-40-29-41(47-35(7)51)31-42(40)43(45(53)54)30-37(16-5)44(46)52/h17-20,34,37,39-43H,12-16,21-33H2,1-11H3,(H-3,46,47,51,52,53,54)/p+2. The Bertz CT molecular complexity index is 1260. The van der Waals surface area contributed by atoms with Crippen LogP contribution in [-0.2, 0) is 20.9 Å². The molecule has 310 valence electrons. The van der Waals surface area contributed by atoms with Crippen LogP contribution in [0.2, 0.25) is 0 Å². The van der Waals surface area contributed by atoms with Crippen molar-refractivity contribution in [3.63, 3.8) is 0 Å². The summed E-state index contributed by atoms with van der Waals surface area (Å²) in [5, 5.41) is 16.0. The first-order valence-electron chi connectivity index (χ1n) is 21.7. The molecule has 1 aromatic rings. The monoisotopic (exact) mass is 758 g/mol. The number of carboxylic acids is 1. The maximum atomic E-state index is 12.8. The fraction of sp³-hybridized carbons (Fsp3) is 0.800. The van der Waals surface area contributed by atoms with Crippen molar-refractivity contribution in [3.8, 4) is 0 Å². The molecule has 1 aliphatic rings. The number of aliphatic carboxylic acids is 1. The minimum atomic E-state index is -1.11. The molecule has 9 nitrogen and oxygen atoms in total. The van der Waals surface area contributed by atoms with Crippen LogP contribution in [0.4, 0.5) is 0 Å². The molecule has 1 aromatic carbocycles. The summed E-state index contributed by atoms with van der Waals surface area (Å²) in [4.78, 5) is 37.4. The molecule has 7 unspecified atom stereocenters. The number of amides is 2. The van der Waals surface area contributed by atoms with Gasteiger partial charge in [0.05, 0.1) is 60.9 Å². The SMILES string of the molecule is CCC[N+](C)(C)CC[N+](C)(C)Cc1ccc(C(CC(C)C[N+](CCC)(CCC)CCC)CC2CC(NC(C)=O)CC2C(CC(CC)C(N)=O)C(=O)[O-])cc1. The Morgan fingerprint density at radius 2 is 1.37 bits per heavy atom. The molecule has 0 bridgehead atoms. The van der Waals surface area contributed by atoms with Crippen LogP contribution < -0.4 is 16.2 Å². The summed E-state index contributed by atoms with van der Waals surface area (Å²) in [6, 6.07) is 9.21. The maximum absolute atomic E-state index is 12.8. The van der Waals surface area contributed by atoms with Crippen LogP contribution in [0.5, 0.6) is 0 Å². The van der Waals surface area contributed by atoms with Crippen molar-refractivity contribution >= 4 is 17.8 Å². The highest BCUT2D eigenvalue weighted by atomic mass is 16.4. The number of carbonyl (C=O) groups is 3. The van der Waals surface area contributed by atoms with Gasteiger partial charge in [-0.2, -0.15) is 0 Å². The number of nitrogens with one attached hydrogen (secondary N) is 1. The molecule has 0 spiro atoms. The van der Waals surface area contributed by atoms with E-state index in [2.05, 4.69) is 92.4 Å². The maximum Gasteiger partial charge on any atom is 0.220 e. The lowest BCUT2D eigenvalue weighted by Gasteiger charge is -2.41. The summed E-state index contributed by atoms with van der Waals surface area (Å²) >= 11 is 0. The van der Waals surface area contributed by atoms with Gasteiger partial charge >= 0.3 is 0 Å². The number of hydrogen-bond donors (Lipinski definition) is 2. The summed E-state index contributed by atoms with van der Waals surface area (Å²) in [6.45, 7) is 24.1. The zero-order valence-corrected chi connectivity index (χ0v) is 36.6. The number of benzene rings is 1. The van der Waals surface area contributed by atoms with E-state index < -0.39 is 23.7 Å². The highest BCUT2D eigenvalue weighted by Crippen LogP contribution is 2.46. The quantitative estimate of drug-likeness (QED) is 0.106. The second kappa shape index (κ2) is 22.3. The fourth-order valence-corrected chi connectivity index (χ4v) is 10.3. The van der Waals surface area contributed by atoms with Crippen LogP contribution in [0.15, 0.2) is 24.3 Å². The Morgan fingerprint density at radius 3 is 1.85 bits per heavy atom. The van der Waals surface area contributed by atoms with Gasteiger partial charge in [0.2, 0.25) is 11.8 Å². The lowest BCUT2D eigenvalue weighted by Crippen LogP contribution is -2.52. The van der Waals surface area contributed by atoms with Crippen molar-refractivity contribution in [3.05, 3.63) is 35.4 Å². The Balaban J connectivity index is 2.51. The van der Waals surface area contributed by atoms with Gasteiger partial charge in [-0.15, -0.1) is 0 Å². The molecule has 2 amide bonds. The van der Waals surface area contributed by atoms with E-state index in [9.17, 15) is 19.5 Å². The van der Waals surface area contributed by atoms with Crippen molar-refractivity contribution in [1.29, 1.82) is 0 Å². The number of rotatable bonds is 27. The van der Waals surface area contributed by atoms with E-state index in [1.54, 1.807) is 0 Å². The van der Waals surface area contributed by atoms with Gasteiger partial charge in [0.25, 0.3) is 0 Å². The number of carboxylic acid groups (broad SMARTS) is 1. The van der Waals surface area contributed by atoms with E-state index in [4.69, 9.17) is 5.73 Å². The molecule has 3 N–H and O–H groups in total. The number of quaternary nitrogens is 3. The Morgan fingerprint density at radius 1 is 0.815 bits per heavy atom. The molecule has 2 rings (SSSR count). The van der Waals surface area contributed by atoms with Gasteiger partial charge < -0.3 is 34.4 Å². The zero-order chi connectivity index (χ0) is 40.7. The number of nitrogens with zero attached hydrogens (tertiary/aromatic N) is 3. The zero-order valence-electron chi connectivity index (χ0n) is 36.6. The molecule has 0 aromatic heterocycles. The first-order chi connectivity index (χ1) is 25.3. The van der Waals surface area contributed by atoms with E-state index in [0.29, 0.717) is 18.8 Å². The molecule has 1 aliphatic carbocycles. The lowest BCUT2D eigenvalue weighted by molar-refractivity contribution is -0.952. The molecule has 0 heterocycles. The van der Waals surface area contributed by atoms with Gasteiger partial charge in [-0.1, -0.05) is 65.8 Å². The van der Waals surface area contributed by atoms with Crippen molar-refractivity contribution in [2.45, 2.75) is 131 Å². The molecule has 1 saturated carbocycles. The van der Waals surface area contributed by atoms with E-state index in [0.717, 1.165) is 58.9 Å². The van der Waals surface area contributed by atoms with Crippen LogP contribution in [0, 0.1) is 29.6 Å². The minimum absolute atomic E-state index is 0.0633. The molecule has 1 fully saturated rings. The second-order valence-corrected chi connectivity index (χ2v) is 18.9. The summed E-state index contributed by atoms with van der Waals surface area (Å²) < 4.78 is 3.13. The van der Waals surface area contributed by atoms with E-state index in [1.807, 2.05) is 6.92 Å². The first kappa shape index (κ1) is 47.7. The van der Waals surface area contributed by atoms with Crippen molar-refractivity contribution in [2.24, 2.45) is 35.3 Å². The summed E-state index contributed by atoms with van der Waals surface area (Å²) in [7, 11) is 9.33. The molecular weight excluding hydrogens is 675 g/mol. The number of primary amides is 1. The number of hydrogen-bond acceptors (Lipinski definition) is 4. The summed E-state index contributed by atoms with van der Waals surface area (Å²) in [5.74, 6) is -2.41. The second-order valence-electron chi connectivity index (χ2n) is 18.9. The largest absolute Gasteiger partial charge is 0.550 e. The Hall–Kier alpha value is -2.49. The van der Waals surface area contributed by atoms with E-state index in [1.165, 1.54) is 69.9 Å².